The molecule has 1 N–H and O–H groups in total. The number of rotatable bonds is 9. The molecule has 1 unspecified atom stereocenters. The van der Waals surface area contributed by atoms with Crippen LogP contribution in [0.4, 0.5) is 17.3 Å². The minimum Gasteiger partial charge on any atom is -0.368 e. The Morgan fingerprint density at radius 2 is 1.95 bits per heavy atom. The summed E-state index contributed by atoms with van der Waals surface area (Å²) in [7, 11) is -3.03. The smallest absolute Gasteiger partial charge is 0.166 e. The van der Waals surface area contributed by atoms with Gasteiger partial charge >= 0.3 is 0 Å². The van der Waals surface area contributed by atoms with Gasteiger partial charge in [0, 0.05) is 54.4 Å². The number of anilines is 3. The Morgan fingerprint density at radius 1 is 1.17 bits per heavy atom. The second kappa shape index (κ2) is 11.3. The number of benzene rings is 1. The van der Waals surface area contributed by atoms with E-state index in [1.807, 2.05) is 19.2 Å². The van der Waals surface area contributed by atoms with Crippen LogP contribution in [0.5, 0.6) is 0 Å². The van der Waals surface area contributed by atoms with Crippen LogP contribution in [0.15, 0.2) is 42.9 Å². The summed E-state index contributed by atoms with van der Waals surface area (Å²) >= 11 is 6.39. The fourth-order valence-electron chi connectivity index (χ4n) is 5.32. The number of pyridine rings is 1. The number of nitriles is 1. The zero-order valence-corrected chi connectivity index (χ0v) is 25.3. The van der Waals surface area contributed by atoms with Crippen LogP contribution in [0.2, 0.25) is 5.15 Å². The van der Waals surface area contributed by atoms with Crippen molar-refractivity contribution in [1.29, 1.82) is 5.26 Å². The quantitative estimate of drug-likeness (QED) is 0.258. The summed E-state index contributed by atoms with van der Waals surface area (Å²) in [6.45, 7) is 9.00. The molecule has 3 atom stereocenters. The first-order valence-corrected chi connectivity index (χ1v) is 16.0. The second-order valence-corrected chi connectivity index (χ2v) is 13.6. The van der Waals surface area contributed by atoms with Crippen molar-refractivity contribution >= 4 is 49.5 Å². The topological polar surface area (TPSA) is 130 Å². The van der Waals surface area contributed by atoms with Gasteiger partial charge in [-0.3, -0.25) is 4.68 Å². The van der Waals surface area contributed by atoms with E-state index in [0.29, 0.717) is 41.9 Å². The van der Waals surface area contributed by atoms with Crippen LogP contribution in [0.3, 0.4) is 0 Å². The van der Waals surface area contributed by atoms with Crippen LogP contribution in [0, 0.1) is 17.2 Å². The molecule has 10 nitrogen and oxygen atoms in total. The van der Waals surface area contributed by atoms with Crippen LogP contribution in [0.25, 0.3) is 22.2 Å². The SMILES string of the molecule is CC(C)c1ccc(N2C[C@H](CS(C)(=O)=O)[C@H]2C)c2cnc(Nc3ccnc(-c4cn(C(C)CC#N)nc4Cl)n3)cc12. The summed E-state index contributed by atoms with van der Waals surface area (Å²) in [6.07, 6.45) is 6.88. The first-order valence-electron chi connectivity index (χ1n) is 13.5. The van der Waals surface area contributed by atoms with E-state index in [-0.39, 0.29) is 28.9 Å². The molecule has 4 heterocycles. The number of sulfone groups is 1. The highest BCUT2D eigenvalue weighted by Crippen LogP contribution is 2.39. The fourth-order valence-corrected chi connectivity index (χ4v) is 6.70. The molecule has 0 bridgehead atoms. The van der Waals surface area contributed by atoms with E-state index in [4.69, 9.17) is 21.8 Å². The maximum atomic E-state index is 11.8. The lowest BCUT2D eigenvalue weighted by Crippen LogP contribution is -2.57. The van der Waals surface area contributed by atoms with Crippen LogP contribution in [-0.4, -0.2) is 57.7 Å². The van der Waals surface area contributed by atoms with Crippen molar-refractivity contribution in [1.82, 2.24) is 24.7 Å². The van der Waals surface area contributed by atoms with Gasteiger partial charge in [0.2, 0.25) is 0 Å². The Balaban J connectivity index is 1.44. The summed E-state index contributed by atoms with van der Waals surface area (Å²) < 4.78 is 25.3. The van der Waals surface area contributed by atoms with E-state index in [0.717, 1.165) is 16.5 Å². The number of nitrogens with zero attached hydrogens (tertiary/aromatic N) is 7. The number of aromatic nitrogens is 5. The molecule has 5 rings (SSSR count). The summed E-state index contributed by atoms with van der Waals surface area (Å²) in [4.78, 5) is 16.0. The number of halogens is 1. The molecular weight excluding hydrogens is 560 g/mol. The Hall–Kier alpha value is -3.75. The van der Waals surface area contributed by atoms with Crippen molar-refractivity contribution in [2.24, 2.45) is 5.92 Å². The Bertz CT molecular complexity index is 1750. The molecule has 0 amide bonds. The third-order valence-electron chi connectivity index (χ3n) is 7.64. The maximum Gasteiger partial charge on any atom is 0.166 e. The van der Waals surface area contributed by atoms with Gasteiger partial charge in [-0.05, 0) is 48.9 Å². The highest BCUT2D eigenvalue weighted by molar-refractivity contribution is 7.90. The van der Waals surface area contributed by atoms with E-state index >= 15 is 0 Å². The molecule has 41 heavy (non-hydrogen) atoms. The average Bonchev–Trinajstić information content (AvgIpc) is 3.31. The van der Waals surface area contributed by atoms with Gasteiger partial charge in [-0.15, -0.1) is 0 Å². The van der Waals surface area contributed by atoms with Gasteiger partial charge in [-0.25, -0.2) is 23.4 Å². The zero-order chi connectivity index (χ0) is 29.5. The molecule has 0 radical (unpaired) electrons. The van der Waals surface area contributed by atoms with E-state index < -0.39 is 9.84 Å². The van der Waals surface area contributed by atoms with Gasteiger partial charge in [0.15, 0.2) is 11.0 Å². The van der Waals surface area contributed by atoms with Crippen molar-refractivity contribution < 1.29 is 8.42 Å². The molecule has 4 aromatic rings. The van der Waals surface area contributed by atoms with Crippen LogP contribution >= 0.6 is 11.6 Å². The van der Waals surface area contributed by atoms with Gasteiger partial charge in [0.1, 0.15) is 21.5 Å². The van der Waals surface area contributed by atoms with Crippen molar-refractivity contribution in [2.75, 3.05) is 28.8 Å². The molecule has 214 valence electrons. The monoisotopic (exact) mass is 592 g/mol. The summed E-state index contributed by atoms with van der Waals surface area (Å²) in [6, 6.07) is 10.2. The van der Waals surface area contributed by atoms with E-state index in [2.05, 4.69) is 64.3 Å². The van der Waals surface area contributed by atoms with Gasteiger partial charge in [0.25, 0.3) is 0 Å². The summed E-state index contributed by atoms with van der Waals surface area (Å²) in [5.74, 6) is 2.21. The molecule has 0 aliphatic carbocycles. The van der Waals surface area contributed by atoms with E-state index in [1.54, 1.807) is 23.1 Å². The summed E-state index contributed by atoms with van der Waals surface area (Å²) in [5, 5.41) is 19.0. The normalized spacial score (nSPS) is 17.9. The maximum absolute atomic E-state index is 11.8. The van der Waals surface area contributed by atoms with Crippen LogP contribution in [0.1, 0.15) is 51.6 Å². The lowest BCUT2D eigenvalue weighted by Gasteiger charge is -2.48. The minimum absolute atomic E-state index is 0.112. The van der Waals surface area contributed by atoms with Crippen molar-refractivity contribution in [2.45, 2.75) is 52.1 Å². The van der Waals surface area contributed by atoms with Gasteiger partial charge < -0.3 is 10.2 Å². The summed E-state index contributed by atoms with van der Waals surface area (Å²) in [5.41, 5.74) is 2.84. The predicted molar refractivity (Wildman–Crippen MR) is 162 cm³/mol. The van der Waals surface area contributed by atoms with E-state index in [1.165, 1.54) is 11.8 Å². The van der Waals surface area contributed by atoms with Gasteiger partial charge in [-0.2, -0.15) is 10.4 Å². The standard InChI is InChI=1S/C29H33ClN8O2S/c1-17(2)21-6-7-25(37-14-20(19(37)4)16-41(5,39)40)23-13-33-27(12-22(21)23)34-26-9-11-32-29(35-26)24-15-38(36-28(24)30)18(3)8-10-31/h6-7,9,11-13,15,17-20H,8,14,16H2,1-5H3,(H,32,33,34,35)/t18?,19-,20-/m1/s1. The fraction of sp³-hybridized carbons (Fsp3) is 0.414. The number of hydrogen-bond acceptors (Lipinski definition) is 9. The molecule has 12 heteroatoms. The lowest BCUT2D eigenvalue weighted by molar-refractivity contribution is 0.342. The van der Waals surface area contributed by atoms with Crippen LogP contribution in [-0.2, 0) is 9.84 Å². The molecule has 1 fully saturated rings. The minimum atomic E-state index is -3.03. The largest absolute Gasteiger partial charge is 0.368 e. The van der Waals surface area contributed by atoms with Gasteiger partial charge in [0.05, 0.1) is 29.8 Å². The molecule has 1 aliphatic heterocycles. The molecule has 1 aromatic carbocycles. The third kappa shape index (κ3) is 5.99. The highest BCUT2D eigenvalue weighted by atomic mass is 35.5. The molecule has 1 aliphatic rings. The van der Waals surface area contributed by atoms with Crippen molar-refractivity contribution in [3.63, 3.8) is 0 Å². The Labute approximate surface area is 245 Å². The van der Waals surface area contributed by atoms with E-state index in [9.17, 15) is 8.42 Å². The highest BCUT2D eigenvalue weighted by Gasteiger charge is 2.38. The Morgan fingerprint density at radius 3 is 2.63 bits per heavy atom. The van der Waals surface area contributed by atoms with Crippen LogP contribution < -0.4 is 10.2 Å². The third-order valence-corrected chi connectivity index (χ3v) is 8.96. The second-order valence-electron chi connectivity index (χ2n) is 11.1. The predicted octanol–water partition coefficient (Wildman–Crippen LogP) is 5.75. The first-order chi connectivity index (χ1) is 19.4. The van der Waals surface area contributed by atoms with Crippen molar-refractivity contribution in [3.8, 4) is 17.5 Å². The lowest BCUT2D eigenvalue weighted by atomic mass is 9.88. The number of nitrogens with one attached hydrogen (secondary N) is 1. The van der Waals surface area contributed by atoms with Crippen molar-refractivity contribution in [3.05, 3.63) is 53.6 Å². The molecule has 1 saturated heterocycles. The number of hydrogen-bond donors (Lipinski definition) is 1. The first kappa shape index (κ1) is 28.8. The molecule has 3 aromatic heterocycles. The molecular formula is C29H33ClN8O2S. The van der Waals surface area contributed by atoms with Gasteiger partial charge in [-0.1, -0.05) is 31.5 Å². The molecule has 0 saturated carbocycles. The molecule has 0 spiro atoms. The Kier molecular flexibility index (Phi) is 7.90. The number of fused-ring (bicyclic) bond motifs is 1. The average molecular weight is 593 g/mol. The zero-order valence-electron chi connectivity index (χ0n) is 23.7.